The van der Waals surface area contributed by atoms with Gasteiger partial charge in [0.1, 0.15) is 0 Å². The first kappa shape index (κ1) is 20.8. The van der Waals surface area contributed by atoms with Crippen molar-refractivity contribution in [2.75, 3.05) is 36.8 Å². The molecule has 2 atom stereocenters. The second-order valence-electron chi connectivity index (χ2n) is 8.24. The van der Waals surface area contributed by atoms with E-state index in [1.165, 1.54) is 32.1 Å². The number of anilines is 2. The van der Waals surface area contributed by atoms with Crippen LogP contribution in [-0.2, 0) is 9.59 Å². The van der Waals surface area contributed by atoms with Gasteiger partial charge in [0.15, 0.2) is 0 Å². The normalized spacial score (nSPS) is 24.0. The van der Waals surface area contributed by atoms with Gasteiger partial charge in [0.25, 0.3) is 0 Å². The number of hydrogen-bond donors (Lipinski definition) is 3. The van der Waals surface area contributed by atoms with E-state index in [9.17, 15) is 9.59 Å². The Kier molecular flexibility index (Phi) is 7.86. The third kappa shape index (κ3) is 6.60. The summed E-state index contributed by atoms with van der Waals surface area (Å²) in [6.45, 7) is 5.47. The molecule has 2 fully saturated rings. The van der Waals surface area contributed by atoms with Crippen molar-refractivity contribution in [2.24, 2.45) is 5.92 Å². The van der Waals surface area contributed by atoms with Gasteiger partial charge in [-0.3, -0.25) is 14.5 Å². The van der Waals surface area contributed by atoms with E-state index in [4.69, 9.17) is 0 Å². The fourth-order valence-corrected chi connectivity index (χ4v) is 4.13. The summed E-state index contributed by atoms with van der Waals surface area (Å²) >= 11 is 0. The number of rotatable bonds is 5. The minimum Gasteiger partial charge on any atom is -0.326 e. The van der Waals surface area contributed by atoms with E-state index < -0.39 is 0 Å². The van der Waals surface area contributed by atoms with Crippen LogP contribution in [0, 0.1) is 5.92 Å². The summed E-state index contributed by atoms with van der Waals surface area (Å²) in [5, 5.41) is 9.35. The molecule has 1 aromatic carbocycles. The van der Waals surface area contributed by atoms with Gasteiger partial charge in [0.05, 0.1) is 6.54 Å². The molecule has 28 heavy (non-hydrogen) atoms. The maximum Gasteiger partial charge on any atom is 0.238 e. The Hall–Kier alpha value is -1.92. The summed E-state index contributed by atoms with van der Waals surface area (Å²) in [6, 6.07) is 7.80. The lowest BCUT2D eigenvalue weighted by molar-refractivity contribution is -0.121. The molecule has 0 bridgehead atoms. The average molecular weight is 387 g/mol. The first-order chi connectivity index (χ1) is 13.6. The van der Waals surface area contributed by atoms with E-state index in [2.05, 4.69) is 27.8 Å². The van der Waals surface area contributed by atoms with Crippen LogP contribution in [0.3, 0.4) is 0 Å². The second kappa shape index (κ2) is 10.6. The molecule has 154 valence electrons. The molecule has 0 saturated carbocycles. The molecular formula is C22H34N4O2. The lowest BCUT2D eigenvalue weighted by Gasteiger charge is -2.27. The Bertz CT molecular complexity index is 638. The number of amides is 2. The molecule has 2 amide bonds. The topological polar surface area (TPSA) is 73.5 Å². The minimum absolute atomic E-state index is 0.0288. The maximum atomic E-state index is 12.4. The fraction of sp³-hybridized carbons (Fsp3) is 0.636. The molecule has 2 aliphatic rings. The van der Waals surface area contributed by atoms with E-state index in [0.29, 0.717) is 12.6 Å². The quantitative estimate of drug-likeness (QED) is 0.726. The molecule has 2 heterocycles. The molecule has 0 aliphatic carbocycles. The largest absolute Gasteiger partial charge is 0.326 e. The lowest BCUT2D eigenvalue weighted by Crippen LogP contribution is -2.40. The van der Waals surface area contributed by atoms with E-state index in [-0.39, 0.29) is 17.7 Å². The Morgan fingerprint density at radius 2 is 1.61 bits per heavy atom. The van der Waals surface area contributed by atoms with Crippen molar-refractivity contribution in [1.29, 1.82) is 0 Å². The van der Waals surface area contributed by atoms with Crippen molar-refractivity contribution in [3.05, 3.63) is 24.3 Å². The van der Waals surface area contributed by atoms with Gasteiger partial charge in [-0.25, -0.2) is 0 Å². The van der Waals surface area contributed by atoms with E-state index in [1.54, 1.807) is 0 Å². The zero-order chi connectivity index (χ0) is 19.8. The summed E-state index contributed by atoms with van der Waals surface area (Å²) in [6.07, 6.45) is 7.95. The molecule has 2 saturated heterocycles. The number of likely N-dealkylation sites (tertiary alicyclic amines) is 1. The number of nitrogens with one attached hydrogen (secondary N) is 3. The molecule has 3 rings (SSSR count). The van der Waals surface area contributed by atoms with Crippen LogP contribution in [0.2, 0.25) is 0 Å². The average Bonchev–Trinajstić information content (AvgIpc) is 2.65. The summed E-state index contributed by atoms with van der Waals surface area (Å²) in [5.74, 6) is 0.178. The van der Waals surface area contributed by atoms with E-state index in [0.717, 1.165) is 43.9 Å². The molecule has 0 aromatic heterocycles. The number of hydrogen-bond acceptors (Lipinski definition) is 4. The highest BCUT2D eigenvalue weighted by Gasteiger charge is 2.24. The SMILES string of the molecule is C[C@H]1C[C@@H](C(=O)Nc2ccc(NC(=O)CN3CCCCCCC3)cc2)CCN1. The maximum absolute atomic E-state index is 12.4. The smallest absolute Gasteiger partial charge is 0.238 e. The highest BCUT2D eigenvalue weighted by atomic mass is 16.2. The molecule has 0 radical (unpaired) electrons. The first-order valence-corrected chi connectivity index (χ1v) is 10.8. The molecular weight excluding hydrogens is 352 g/mol. The van der Waals surface area contributed by atoms with Crippen molar-refractivity contribution in [2.45, 2.75) is 57.9 Å². The van der Waals surface area contributed by atoms with Crippen molar-refractivity contribution in [3.63, 3.8) is 0 Å². The van der Waals surface area contributed by atoms with E-state index in [1.807, 2.05) is 24.3 Å². The lowest BCUT2D eigenvalue weighted by atomic mass is 9.92. The fourth-order valence-electron chi connectivity index (χ4n) is 4.13. The monoisotopic (exact) mass is 386 g/mol. The molecule has 6 heteroatoms. The van der Waals surface area contributed by atoms with Crippen molar-refractivity contribution < 1.29 is 9.59 Å². The van der Waals surface area contributed by atoms with Crippen LogP contribution in [0.25, 0.3) is 0 Å². The van der Waals surface area contributed by atoms with Gasteiger partial charge in [0.2, 0.25) is 11.8 Å². The standard InChI is InChI=1S/C22H34N4O2/c1-17-15-18(11-12-23-17)22(28)25-20-9-7-19(8-10-20)24-21(27)16-26-13-5-3-2-4-6-14-26/h7-10,17-18,23H,2-6,11-16H2,1H3,(H,24,27)(H,25,28)/t17-,18-/m0/s1. The zero-order valence-corrected chi connectivity index (χ0v) is 17.0. The van der Waals surface area contributed by atoms with Crippen molar-refractivity contribution in [1.82, 2.24) is 10.2 Å². The van der Waals surface area contributed by atoms with Crippen molar-refractivity contribution in [3.8, 4) is 0 Å². The predicted octanol–water partition coefficient (Wildman–Crippen LogP) is 3.22. The summed E-state index contributed by atoms with van der Waals surface area (Å²) in [5.41, 5.74) is 1.54. The van der Waals surface area contributed by atoms with Crippen LogP contribution < -0.4 is 16.0 Å². The van der Waals surface area contributed by atoms with Crippen LogP contribution in [0.15, 0.2) is 24.3 Å². The van der Waals surface area contributed by atoms with Gasteiger partial charge in [-0.2, -0.15) is 0 Å². The number of carbonyl (C=O) groups excluding carboxylic acids is 2. The molecule has 6 nitrogen and oxygen atoms in total. The highest BCUT2D eigenvalue weighted by molar-refractivity contribution is 5.94. The van der Waals surface area contributed by atoms with E-state index >= 15 is 0 Å². The molecule has 0 unspecified atom stereocenters. The number of piperidine rings is 1. The number of nitrogens with zero attached hydrogens (tertiary/aromatic N) is 1. The van der Waals surface area contributed by atoms with Gasteiger partial charge in [0, 0.05) is 23.3 Å². The Labute approximate surface area is 168 Å². The highest BCUT2D eigenvalue weighted by Crippen LogP contribution is 2.20. The third-order valence-electron chi connectivity index (χ3n) is 5.75. The predicted molar refractivity (Wildman–Crippen MR) is 113 cm³/mol. The Morgan fingerprint density at radius 1 is 1.00 bits per heavy atom. The first-order valence-electron chi connectivity index (χ1n) is 10.8. The van der Waals surface area contributed by atoms with Gasteiger partial charge in [-0.15, -0.1) is 0 Å². The number of benzene rings is 1. The molecule has 3 N–H and O–H groups in total. The van der Waals surface area contributed by atoms with Crippen LogP contribution >= 0.6 is 0 Å². The van der Waals surface area contributed by atoms with Gasteiger partial charge >= 0.3 is 0 Å². The molecule has 1 aromatic rings. The van der Waals surface area contributed by atoms with Gasteiger partial charge < -0.3 is 16.0 Å². The second-order valence-corrected chi connectivity index (χ2v) is 8.24. The Morgan fingerprint density at radius 3 is 2.25 bits per heavy atom. The third-order valence-corrected chi connectivity index (χ3v) is 5.75. The van der Waals surface area contributed by atoms with Crippen LogP contribution in [0.1, 0.15) is 51.9 Å². The van der Waals surface area contributed by atoms with Gasteiger partial charge in [-0.05, 0) is 76.5 Å². The zero-order valence-electron chi connectivity index (χ0n) is 17.0. The minimum atomic E-state index is 0.0288. The molecule has 0 spiro atoms. The van der Waals surface area contributed by atoms with Crippen LogP contribution in [0.4, 0.5) is 11.4 Å². The summed E-state index contributed by atoms with van der Waals surface area (Å²) < 4.78 is 0. The van der Waals surface area contributed by atoms with Gasteiger partial charge in [-0.1, -0.05) is 19.3 Å². The molecule has 2 aliphatic heterocycles. The number of carbonyl (C=O) groups is 2. The van der Waals surface area contributed by atoms with Crippen molar-refractivity contribution >= 4 is 23.2 Å². The summed E-state index contributed by atoms with van der Waals surface area (Å²) in [7, 11) is 0. The van der Waals surface area contributed by atoms with Crippen LogP contribution in [-0.4, -0.2) is 48.9 Å². The Balaban J connectivity index is 1.45. The summed E-state index contributed by atoms with van der Waals surface area (Å²) in [4.78, 5) is 27.0. The van der Waals surface area contributed by atoms with Crippen LogP contribution in [0.5, 0.6) is 0 Å².